The van der Waals surface area contributed by atoms with E-state index < -0.39 is 75.6 Å². The lowest BCUT2D eigenvalue weighted by Crippen LogP contribution is -2.30. The largest absolute Gasteiger partial charge is 0.488 e. The summed E-state index contributed by atoms with van der Waals surface area (Å²) < 4.78 is 54.3. The molecule has 13 aromatic rings. The predicted molar refractivity (Wildman–Crippen MR) is 590 cm³/mol. The van der Waals surface area contributed by atoms with Gasteiger partial charge in [-0.1, -0.05) is 132 Å². The third-order valence-corrected chi connectivity index (χ3v) is 27.0. The number of aromatic nitrogens is 6. The summed E-state index contributed by atoms with van der Waals surface area (Å²) in [5, 5.41) is 21.7. The summed E-state index contributed by atoms with van der Waals surface area (Å²) in [5.41, 5.74) is 26.4. The van der Waals surface area contributed by atoms with Crippen LogP contribution in [-0.2, 0) is 57.1 Å². The number of pyridine rings is 2. The lowest BCUT2D eigenvalue weighted by molar-refractivity contribution is -0.162. The summed E-state index contributed by atoms with van der Waals surface area (Å²) in [4.78, 5) is 76.3. The molecule has 0 aliphatic rings. The van der Waals surface area contributed by atoms with E-state index in [9.17, 15) is 19.2 Å². The maximum atomic E-state index is 12.7. The molecule has 0 saturated heterocycles. The molecule has 756 valence electrons. The lowest BCUT2D eigenvalue weighted by atomic mass is 9.81. The molecule has 6 aromatic heterocycles. The Balaban J connectivity index is 0.000000246. The van der Waals surface area contributed by atoms with Gasteiger partial charge in [-0.3, -0.25) is 19.2 Å². The molecule has 0 aliphatic carbocycles. The van der Waals surface area contributed by atoms with E-state index in [1.807, 2.05) is 291 Å². The van der Waals surface area contributed by atoms with Crippen LogP contribution < -0.4 is 16.9 Å². The molecule has 0 spiro atoms. The van der Waals surface area contributed by atoms with E-state index in [-0.39, 0.29) is 70.3 Å². The van der Waals surface area contributed by atoms with Crippen molar-refractivity contribution in [2.45, 2.75) is 256 Å². The molecular formula is C106H132BBr2Cl5N8O14S4. The number of nitrogens with two attached hydrogens (primary N) is 2. The molecule has 0 aliphatic heterocycles. The van der Waals surface area contributed by atoms with Crippen molar-refractivity contribution in [3.8, 4) is 44.0 Å². The van der Waals surface area contributed by atoms with Crippen LogP contribution in [0.4, 0.5) is 10.3 Å². The molecule has 140 heavy (non-hydrogen) atoms. The highest BCUT2D eigenvalue weighted by molar-refractivity contribution is 9.11. The molecule has 0 radical (unpaired) electrons. The zero-order chi connectivity index (χ0) is 103. The summed E-state index contributed by atoms with van der Waals surface area (Å²) >= 11 is 43.5. The van der Waals surface area contributed by atoms with E-state index in [1.54, 1.807) is 28.9 Å². The highest BCUT2D eigenvalue weighted by Gasteiger charge is 2.38. The zero-order valence-electron chi connectivity index (χ0n) is 83.3. The van der Waals surface area contributed by atoms with E-state index in [2.05, 4.69) is 68.9 Å². The Morgan fingerprint density at radius 3 is 0.950 bits per heavy atom. The quantitative estimate of drug-likeness (QED) is 0.0225. The first-order chi connectivity index (χ1) is 63.7. The van der Waals surface area contributed by atoms with Crippen LogP contribution in [-0.4, -0.2) is 120 Å². The third-order valence-electron chi connectivity index (χ3n) is 20.3. The fourth-order valence-electron chi connectivity index (χ4n) is 14.3. The van der Waals surface area contributed by atoms with E-state index in [4.69, 9.17) is 122 Å². The highest BCUT2D eigenvalue weighted by Crippen LogP contribution is 2.50. The van der Waals surface area contributed by atoms with Gasteiger partial charge >= 0.3 is 31.0 Å². The fourth-order valence-corrected chi connectivity index (χ4v) is 20.3. The predicted octanol–water partition coefficient (Wildman–Crippen LogP) is 30.3. The summed E-state index contributed by atoms with van der Waals surface area (Å²) in [6, 6.07) is 37.9. The van der Waals surface area contributed by atoms with E-state index in [0.717, 1.165) is 138 Å². The van der Waals surface area contributed by atoms with Crippen LogP contribution in [0.1, 0.15) is 250 Å². The van der Waals surface area contributed by atoms with Crippen molar-refractivity contribution in [2.75, 3.05) is 37.9 Å². The molecule has 7 aromatic carbocycles. The van der Waals surface area contributed by atoms with Gasteiger partial charge in [0.2, 0.25) is 0 Å². The molecule has 6 heterocycles. The van der Waals surface area contributed by atoms with Gasteiger partial charge in [0.05, 0.1) is 84.9 Å². The second-order valence-electron chi connectivity index (χ2n) is 41.3. The van der Waals surface area contributed by atoms with Gasteiger partial charge in [0.1, 0.15) is 66.2 Å². The number of carbonyl (C=O) groups excluding carboxylic acids is 4. The molecular weight excluding hydrogens is 2090 g/mol. The topological polar surface area (TPSA) is 312 Å². The van der Waals surface area contributed by atoms with Gasteiger partial charge in [-0.2, -0.15) is 0 Å². The number of esters is 4. The van der Waals surface area contributed by atoms with Crippen LogP contribution in [0.15, 0.2) is 142 Å². The lowest BCUT2D eigenvalue weighted by Gasteiger charge is -2.31. The Labute approximate surface area is 883 Å². The van der Waals surface area contributed by atoms with Gasteiger partial charge < -0.3 is 59.4 Å². The number of carbonyl (C=O) groups is 4. The number of hydrogen-bond donors (Lipinski definition) is 4. The Morgan fingerprint density at radius 2 is 0.643 bits per heavy atom. The van der Waals surface area contributed by atoms with Crippen LogP contribution in [0.2, 0.25) is 25.4 Å². The van der Waals surface area contributed by atoms with Crippen LogP contribution in [0, 0.1) is 49.4 Å². The molecule has 22 nitrogen and oxygen atoms in total. The molecule has 0 unspecified atom stereocenters. The van der Waals surface area contributed by atoms with Gasteiger partial charge in [-0.25, -0.2) is 29.9 Å². The number of thiazole rings is 4. The normalized spacial score (nSPS) is 12.9. The number of aryl methyl sites for hydroxylation is 4. The summed E-state index contributed by atoms with van der Waals surface area (Å²) in [6.07, 6.45) is 1.27. The molecule has 6 N–H and O–H groups in total. The highest BCUT2D eigenvalue weighted by atomic mass is 79.9. The maximum absolute atomic E-state index is 12.7. The number of rotatable bonds is 21. The average molecular weight is 2220 g/mol. The van der Waals surface area contributed by atoms with Crippen molar-refractivity contribution in [3.05, 3.63) is 212 Å². The van der Waals surface area contributed by atoms with Crippen molar-refractivity contribution >= 4 is 223 Å². The first-order valence-corrected chi connectivity index (χ1v) is 51.3. The Hall–Kier alpha value is -7.89. The first-order valence-electron chi connectivity index (χ1n) is 44.6. The van der Waals surface area contributed by atoms with E-state index >= 15 is 0 Å². The molecule has 34 heteroatoms. The standard InChI is InChI=1S/C30H32Cl2N2O3S.C25H29BrClNO3S.C25H31ClN2O3S.C19H27BrN2O3S.C5H5BClNO2.2CH4/c1-17-14-21-26(38-27(34-21)19-12-13-33-23(32)15-19)25(18-8-10-20(31)11-9-18)24(17)22(37-30(5,6)7)16-36-28(35)29(2,3)4;1-14-12-17-21(32-23(26)28-17)20(15-8-10-16(27)11-9-15)19(14)18(31-25(5,6)7)13-30-22(29)24(2,3)4;1-14-12-17-21(32-23(27)28-17)20(15-8-10-16(26)11-9-15)19(14)18(31-25(5,6)7)13-30-22(29)24(2,3)4;1-10-8-11-15(26-17(21)22-11)14(20)13(10)12(25-19(5,6)7)9-24-16(23)18(2,3)4;7-5-3-4(6(9)10)1-2-8-5;;/h8-15,22H,16H2,1-7H3;8-12,18H,13H2,1-7H3;8-12,18H,13H2,1-7H3,(H2,27,28);8,12H,9H2,1-7H3,(H2,21,22);1-3,9-10H;2*1H4/t22-;2*18-;12-;;;/m1111.../s1. The third kappa shape index (κ3) is 33.6. The number of hydrogen-bond acceptors (Lipinski definition) is 26. The molecule has 0 bridgehead atoms. The average Bonchev–Trinajstić information content (AvgIpc) is 1.56. The van der Waals surface area contributed by atoms with Crippen molar-refractivity contribution in [3.63, 3.8) is 0 Å². The monoisotopic (exact) mass is 2210 g/mol. The molecule has 13 rings (SSSR count). The van der Waals surface area contributed by atoms with Crippen LogP contribution in [0.25, 0.3) is 84.8 Å². The van der Waals surface area contributed by atoms with Gasteiger partial charge in [0.25, 0.3) is 0 Å². The van der Waals surface area contributed by atoms with Crippen molar-refractivity contribution in [1.29, 1.82) is 0 Å². The molecule has 4 atom stereocenters. The van der Waals surface area contributed by atoms with Crippen LogP contribution >= 0.6 is 135 Å². The van der Waals surface area contributed by atoms with Gasteiger partial charge in [-0.15, -0.1) is 22.7 Å². The molecule has 0 fully saturated rings. The zero-order valence-corrected chi connectivity index (χ0v) is 93.5. The summed E-state index contributed by atoms with van der Waals surface area (Å²) in [5.74, 6) is -1.06. The summed E-state index contributed by atoms with van der Waals surface area (Å²) in [6.45, 7) is 54.6. The maximum Gasteiger partial charge on any atom is 0.488 e. The molecule has 0 amide bonds. The van der Waals surface area contributed by atoms with Crippen molar-refractivity contribution < 1.29 is 67.1 Å². The molecule has 0 saturated carbocycles. The SMILES string of the molecule is C.C.Cc1cc2nc(-c3ccnc(Cl)c3)sc2c(-c2ccc(Cl)cc2)c1[C@@H](COC(=O)C(C)(C)C)OC(C)(C)C.Cc1cc2nc(Br)sc2c(-c2ccc(Cl)cc2)c1[C@@H](COC(=O)C(C)(C)C)OC(C)(C)C.Cc1cc2nc(N)sc2c(-c2ccc(Cl)cc2)c1[C@@H](COC(=O)C(C)(C)C)OC(C)(C)C.Cc1cc2nc(N)sc2c(Br)c1[C@@H](COC(=O)C(C)(C)C)OC(C)(C)C.OB(O)c1ccnc(Cl)c1. The Kier molecular flexibility index (Phi) is 41.6. The van der Waals surface area contributed by atoms with Gasteiger partial charge in [0.15, 0.2) is 14.2 Å². The van der Waals surface area contributed by atoms with Crippen LogP contribution in [0.3, 0.4) is 0 Å². The number of halogens is 7. The van der Waals surface area contributed by atoms with Gasteiger partial charge in [0, 0.05) is 59.8 Å². The number of nitrogen functional groups attached to an aromatic ring is 2. The second kappa shape index (κ2) is 48.9. The van der Waals surface area contributed by atoms with Crippen molar-refractivity contribution in [2.24, 2.45) is 21.7 Å². The van der Waals surface area contributed by atoms with Crippen molar-refractivity contribution in [1.82, 2.24) is 29.9 Å². The van der Waals surface area contributed by atoms with E-state index in [0.29, 0.717) is 35.9 Å². The first kappa shape index (κ1) is 119. The smallest absolute Gasteiger partial charge is 0.462 e. The minimum absolute atomic E-state index is 0. The number of fused-ring (bicyclic) bond motifs is 4. The summed E-state index contributed by atoms with van der Waals surface area (Å²) in [7, 11) is -1.47. The van der Waals surface area contributed by atoms with Gasteiger partial charge in [-0.05, 0) is 372 Å². The van der Waals surface area contributed by atoms with Crippen LogP contribution in [0.5, 0.6) is 0 Å². The fraction of sp³-hybridized carbons (Fsp3) is 0.434. The number of anilines is 2. The second-order valence-corrected chi connectivity index (χ2v) is 49.5. The number of ether oxygens (including phenoxy) is 8. The Bertz CT molecular complexity index is 6300. The number of nitrogens with zero attached hydrogens (tertiary/aromatic N) is 6. The minimum Gasteiger partial charge on any atom is -0.462 e. The Morgan fingerprint density at radius 1 is 0.364 bits per heavy atom. The number of benzene rings is 7. The van der Waals surface area contributed by atoms with E-state index in [1.165, 1.54) is 41.0 Å². The minimum atomic E-state index is -1.47.